The third kappa shape index (κ3) is 3.80. The van der Waals surface area contributed by atoms with Gasteiger partial charge in [-0.25, -0.2) is 13.4 Å². The first-order valence-corrected chi connectivity index (χ1v) is 12.0. The van der Waals surface area contributed by atoms with E-state index in [1.165, 1.54) is 5.56 Å². The number of rotatable bonds is 5. The largest absolute Gasteiger partial charge is 0.342 e. The summed E-state index contributed by atoms with van der Waals surface area (Å²) in [7, 11) is -3.36. The molecule has 2 N–H and O–H groups in total. The molecule has 1 saturated carbocycles. The molecule has 0 aliphatic heterocycles. The molecule has 2 atom stereocenters. The van der Waals surface area contributed by atoms with Crippen LogP contribution >= 0.6 is 11.6 Å². The summed E-state index contributed by atoms with van der Waals surface area (Å²) in [5.41, 5.74) is 5.42. The zero-order valence-electron chi connectivity index (χ0n) is 16.3. The zero-order valence-corrected chi connectivity index (χ0v) is 17.8. The molecule has 30 heavy (non-hydrogen) atoms. The quantitative estimate of drug-likeness (QED) is 0.431. The number of nitrogens with zero attached hydrogens (tertiary/aromatic N) is 1. The van der Waals surface area contributed by atoms with Crippen LogP contribution in [0.2, 0.25) is 5.02 Å². The Hall–Kier alpha value is -2.83. The van der Waals surface area contributed by atoms with Crippen LogP contribution < -0.4 is 4.72 Å². The SMILES string of the molecule is CS(=O)(=O)Nc1ccccc1-c1ccc2[nH]c(C3CC3c3ccc(Cl)cc3)nc2c1. The Kier molecular flexibility index (Phi) is 4.56. The monoisotopic (exact) mass is 437 g/mol. The van der Waals surface area contributed by atoms with Crippen molar-refractivity contribution in [2.75, 3.05) is 11.0 Å². The summed E-state index contributed by atoms with van der Waals surface area (Å²) in [6.07, 6.45) is 2.22. The van der Waals surface area contributed by atoms with E-state index in [-0.39, 0.29) is 0 Å². The molecule has 1 aliphatic carbocycles. The van der Waals surface area contributed by atoms with Crippen molar-refractivity contribution in [2.45, 2.75) is 18.3 Å². The molecule has 1 aliphatic rings. The van der Waals surface area contributed by atoms with Gasteiger partial charge >= 0.3 is 0 Å². The number of sulfonamides is 1. The smallest absolute Gasteiger partial charge is 0.229 e. The fourth-order valence-corrected chi connectivity index (χ4v) is 4.67. The third-order valence-electron chi connectivity index (χ3n) is 5.47. The number of nitrogens with one attached hydrogen (secondary N) is 2. The lowest BCUT2D eigenvalue weighted by Gasteiger charge is -2.10. The summed E-state index contributed by atoms with van der Waals surface area (Å²) in [5, 5.41) is 0.748. The van der Waals surface area contributed by atoms with E-state index in [1.807, 2.05) is 48.5 Å². The number of hydrogen-bond donors (Lipinski definition) is 2. The van der Waals surface area contributed by atoms with E-state index in [0.29, 0.717) is 17.5 Å². The minimum atomic E-state index is -3.36. The van der Waals surface area contributed by atoms with Gasteiger partial charge in [0.1, 0.15) is 5.82 Å². The van der Waals surface area contributed by atoms with Crippen molar-refractivity contribution in [3.63, 3.8) is 0 Å². The molecule has 3 aromatic carbocycles. The molecule has 7 heteroatoms. The lowest BCUT2D eigenvalue weighted by molar-refractivity contribution is 0.607. The van der Waals surface area contributed by atoms with E-state index in [1.54, 1.807) is 6.07 Å². The molecule has 0 spiro atoms. The Morgan fingerprint density at radius 1 is 1.03 bits per heavy atom. The lowest BCUT2D eigenvalue weighted by atomic mass is 10.0. The maximum absolute atomic E-state index is 11.7. The van der Waals surface area contributed by atoms with Crippen LogP contribution in [0.5, 0.6) is 0 Å². The van der Waals surface area contributed by atoms with Crippen LogP contribution in [-0.2, 0) is 10.0 Å². The number of H-pyrrole nitrogens is 1. The first-order valence-electron chi connectivity index (χ1n) is 9.70. The number of aromatic amines is 1. The Labute approximate surface area is 180 Å². The van der Waals surface area contributed by atoms with E-state index in [2.05, 4.69) is 21.8 Å². The van der Waals surface area contributed by atoms with Crippen molar-refractivity contribution in [1.29, 1.82) is 0 Å². The number of imidazole rings is 1. The van der Waals surface area contributed by atoms with Gasteiger partial charge in [0.05, 0.1) is 23.0 Å². The molecule has 152 valence electrons. The predicted molar refractivity (Wildman–Crippen MR) is 122 cm³/mol. The second-order valence-corrected chi connectivity index (χ2v) is 9.96. The summed E-state index contributed by atoms with van der Waals surface area (Å²) in [6, 6.07) is 21.4. The topological polar surface area (TPSA) is 74.8 Å². The van der Waals surface area contributed by atoms with Gasteiger partial charge in [0.25, 0.3) is 0 Å². The molecule has 4 aromatic rings. The Morgan fingerprint density at radius 3 is 2.57 bits per heavy atom. The van der Waals surface area contributed by atoms with Crippen LogP contribution in [0.4, 0.5) is 5.69 Å². The van der Waals surface area contributed by atoms with Crippen LogP contribution in [0.15, 0.2) is 66.7 Å². The fourth-order valence-electron chi connectivity index (χ4n) is 3.97. The maximum atomic E-state index is 11.7. The molecular formula is C23H20ClN3O2S. The number of para-hydroxylation sites is 1. The number of anilines is 1. The Balaban J connectivity index is 1.45. The van der Waals surface area contributed by atoms with E-state index >= 15 is 0 Å². The molecule has 1 heterocycles. The van der Waals surface area contributed by atoms with E-state index in [4.69, 9.17) is 16.6 Å². The number of aromatic nitrogens is 2. The van der Waals surface area contributed by atoms with Crippen molar-refractivity contribution < 1.29 is 8.42 Å². The van der Waals surface area contributed by atoms with Gasteiger partial charge < -0.3 is 4.98 Å². The summed E-state index contributed by atoms with van der Waals surface area (Å²) in [6.45, 7) is 0. The highest BCUT2D eigenvalue weighted by molar-refractivity contribution is 7.92. The molecule has 0 amide bonds. The van der Waals surface area contributed by atoms with Crippen molar-refractivity contribution in [1.82, 2.24) is 9.97 Å². The lowest BCUT2D eigenvalue weighted by Crippen LogP contribution is -2.10. The minimum Gasteiger partial charge on any atom is -0.342 e. The van der Waals surface area contributed by atoms with Crippen LogP contribution in [0.1, 0.15) is 29.6 Å². The number of benzene rings is 3. The molecular weight excluding hydrogens is 418 g/mol. The van der Waals surface area contributed by atoms with Gasteiger partial charge in [0, 0.05) is 16.5 Å². The summed E-state index contributed by atoms with van der Waals surface area (Å²) in [4.78, 5) is 8.29. The summed E-state index contributed by atoms with van der Waals surface area (Å²) >= 11 is 6.00. The molecule has 0 saturated heterocycles. The second kappa shape index (κ2) is 7.15. The molecule has 5 nitrogen and oxygen atoms in total. The van der Waals surface area contributed by atoms with Crippen LogP contribution in [0, 0.1) is 0 Å². The van der Waals surface area contributed by atoms with Gasteiger partial charge in [-0.15, -0.1) is 0 Å². The summed E-state index contributed by atoms with van der Waals surface area (Å²) in [5.74, 6) is 1.83. The van der Waals surface area contributed by atoms with Crippen molar-refractivity contribution in [3.05, 3.63) is 83.1 Å². The molecule has 5 rings (SSSR count). The highest BCUT2D eigenvalue weighted by atomic mass is 35.5. The molecule has 1 aromatic heterocycles. The van der Waals surface area contributed by atoms with Crippen LogP contribution in [0.3, 0.4) is 0 Å². The normalized spacial score (nSPS) is 18.5. The number of hydrogen-bond acceptors (Lipinski definition) is 3. The highest BCUT2D eigenvalue weighted by Gasteiger charge is 2.41. The summed E-state index contributed by atoms with van der Waals surface area (Å²) < 4.78 is 26.0. The van der Waals surface area contributed by atoms with Crippen molar-refractivity contribution in [3.8, 4) is 11.1 Å². The zero-order chi connectivity index (χ0) is 20.9. The molecule has 0 bridgehead atoms. The fraction of sp³-hybridized carbons (Fsp3) is 0.174. The molecule has 1 fully saturated rings. The minimum absolute atomic E-state index is 0.376. The van der Waals surface area contributed by atoms with Crippen LogP contribution in [-0.4, -0.2) is 24.6 Å². The van der Waals surface area contributed by atoms with Crippen molar-refractivity contribution >= 4 is 38.3 Å². The number of halogens is 1. The molecule has 0 radical (unpaired) electrons. The van der Waals surface area contributed by atoms with Gasteiger partial charge in [0.15, 0.2) is 0 Å². The van der Waals surface area contributed by atoms with E-state index in [9.17, 15) is 8.42 Å². The van der Waals surface area contributed by atoms with E-state index in [0.717, 1.165) is 45.7 Å². The highest BCUT2D eigenvalue weighted by Crippen LogP contribution is 2.54. The van der Waals surface area contributed by atoms with Gasteiger partial charge in [0.2, 0.25) is 10.0 Å². The van der Waals surface area contributed by atoms with Crippen LogP contribution in [0.25, 0.3) is 22.2 Å². The van der Waals surface area contributed by atoms with E-state index < -0.39 is 10.0 Å². The average molecular weight is 438 g/mol. The number of fused-ring (bicyclic) bond motifs is 1. The average Bonchev–Trinajstić information content (AvgIpc) is 3.39. The Morgan fingerprint density at radius 2 is 1.80 bits per heavy atom. The van der Waals surface area contributed by atoms with Gasteiger partial charge in [-0.05, 0) is 53.8 Å². The molecule has 2 unspecified atom stereocenters. The van der Waals surface area contributed by atoms with Gasteiger partial charge in [-0.2, -0.15) is 0 Å². The Bertz CT molecular complexity index is 1350. The predicted octanol–water partition coefficient (Wildman–Crippen LogP) is 5.53. The van der Waals surface area contributed by atoms with Gasteiger partial charge in [-0.1, -0.05) is 48.0 Å². The van der Waals surface area contributed by atoms with Crippen molar-refractivity contribution in [2.24, 2.45) is 0 Å². The standard InChI is InChI=1S/C23H20ClN3O2S/c1-30(28,29)27-20-5-3-2-4-17(20)15-8-11-21-22(12-15)26-23(25-21)19-13-18(19)14-6-9-16(24)10-7-14/h2-12,18-19,27H,13H2,1H3,(H,25,26). The first-order chi connectivity index (χ1) is 14.4. The maximum Gasteiger partial charge on any atom is 0.229 e. The third-order valence-corrected chi connectivity index (χ3v) is 6.32. The van der Waals surface area contributed by atoms with Gasteiger partial charge in [-0.3, -0.25) is 4.72 Å². The second-order valence-electron chi connectivity index (χ2n) is 7.77. The first kappa shape index (κ1) is 19.2.